The number of hydrogen-bond acceptors (Lipinski definition) is 8. The van der Waals surface area contributed by atoms with E-state index in [1.54, 1.807) is 45.0 Å². The van der Waals surface area contributed by atoms with Crippen LogP contribution in [0.25, 0.3) is 0 Å². The molecule has 0 bridgehead atoms. The van der Waals surface area contributed by atoms with Crippen LogP contribution in [0.5, 0.6) is 0 Å². The normalized spacial score (nSPS) is 15.6. The van der Waals surface area contributed by atoms with Gasteiger partial charge in [0.15, 0.2) is 0 Å². The van der Waals surface area contributed by atoms with Crippen molar-refractivity contribution in [3.05, 3.63) is 48.0 Å². The molecule has 1 heterocycles. The van der Waals surface area contributed by atoms with Crippen molar-refractivity contribution < 1.29 is 38.2 Å². The van der Waals surface area contributed by atoms with Crippen molar-refractivity contribution in [2.24, 2.45) is 11.8 Å². The molecule has 10 heteroatoms. The van der Waals surface area contributed by atoms with Gasteiger partial charge in [0.25, 0.3) is 11.8 Å². The van der Waals surface area contributed by atoms with Crippen LogP contribution in [0.4, 0.5) is 4.79 Å². The number of methoxy groups -OCH3 is 2. The molecule has 3 atom stereocenters. The number of imide groups is 1. The predicted octanol–water partition coefficient (Wildman–Crippen LogP) is 2.33. The minimum absolute atomic E-state index is 0.171. The average Bonchev–Trinajstić information content (AvgIpc) is 3.02. The molecule has 34 heavy (non-hydrogen) atoms. The molecule has 0 saturated heterocycles. The third-order valence-corrected chi connectivity index (χ3v) is 5.26. The number of amides is 3. The summed E-state index contributed by atoms with van der Waals surface area (Å²) in [5, 5.41) is 2.41. The van der Waals surface area contributed by atoms with Crippen LogP contribution in [0.1, 0.15) is 47.9 Å². The number of ether oxygens (including phenoxy) is 3. The number of benzene rings is 1. The van der Waals surface area contributed by atoms with Gasteiger partial charge in [0.2, 0.25) is 0 Å². The zero-order valence-corrected chi connectivity index (χ0v) is 20.0. The van der Waals surface area contributed by atoms with Crippen molar-refractivity contribution in [1.82, 2.24) is 10.2 Å². The van der Waals surface area contributed by atoms with E-state index in [0.29, 0.717) is 0 Å². The summed E-state index contributed by atoms with van der Waals surface area (Å²) >= 11 is 0. The molecule has 10 nitrogen and oxygen atoms in total. The van der Waals surface area contributed by atoms with Crippen LogP contribution in [-0.4, -0.2) is 67.2 Å². The highest BCUT2D eigenvalue weighted by atomic mass is 16.6. The third kappa shape index (κ3) is 6.21. The van der Waals surface area contributed by atoms with Crippen LogP contribution in [-0.2, 0) is 23.8 Å². The number of fused-ring (bicyclic) bond motifs is 1. The number of carbonyl (C=O) groups is 5. The molecule has 1 aromatic rings. The van der Waals surface area contributed by atoms with Gasteiger partial charge in [0.05, 0.1) is 31.3 Å². The molecule has 1 N–H and O–H groups in total. The number of hydrogen-bond donors (Lipinski definition) is 1. The molecule has 3 amide bonds. The number of esters is 2. The summed E-state index contributed by atoms with van der Waals surface area (Å²) in [5.41, 5.74) is -0.283. The van der Waals surface area contributed by atoms with Gasteiger partial charge in [-0.3, -0.25) is 19.3 Å². The molecule has 2 rings (SSSR count). The van der Waals surface area contributed by atoms with Crippen LogP contribution < -0.4 is 5.32 Å². The molecule has 0 aliphatic carbocycles. The standard InChI is InChI=1S/C24H30N2O8/c1-7-14(13-26-19(27)15-10-8-9-11-16(15)20(26)28)17(21(29)32-5)12-18(22(30)33-6)25-23(31)34-24(2,3)4/h7-11,14,17-18H,1,12-13H2,2-6H3,(H,25,31)/t14-,17-,18-/m0/s1. The van der Waals surface area contributed by atoms with Crippen LogP contribution in [0, 0.1) is 11.8 Å². The molecule has 0 aromatic heterocycles. The van der Waals surface area contributed by atoms with Crippen molar-refractivity contribution in [3.63, 3.8) is 0 Å². The largest absolute Gasteiger partial charge is 0.469 e. The Morgan fingerprint density at radius 1 is 1.03 bits per heavy atom. The lowest BCUT2D eigenvalue weighted by Crippen LogP contribution is -2.47. The first-order valence-electron chi connectivity index (χ1n) is 10.7. The van der Waals surface area contributed by atoms with Gasteiger partial charge in [-0.1, -0.05) is 18.2 Å². The number of nitrogens with one attached hydrogen (secondary N) is 1. The summed E-state index contributed by atoms with van der Waals surface area (Å²) in [7, 11) is 2.31. The Morgan fingerprint density at radius 3 is 2.00 bits per heavy atom. The summed E-state index contributed by atoms with van der Waals surface area (Å²) in [6.07, 6.45) is 0.299. The van der Waals surface area contributed by atoms with Crippen molar-refractivity contribution in [2.75, 3.05) is 20.8 Å². The number of rotatable bonds is 9. The van der Waals surface area contributed by atoms with E-state index in [1.807, 2.05) is 0 Å². The second-order valence-electron chi connectivity index (χ2n) is 8.75. The highest BCUT2D eigenvalue weighted by Crippen LogP contribution is 2.28. The van der Waals surface area contributed by atoms with Gasteiger partial charge < -0.3 is 19.5 Å². The fourth-order valence-electron chi connectivity index (χ4n) is 3.64. The molecule has 0 spiro atoms. The molecule has 1 aliphatic rings. The molecule has 0 fully saturated rings. The molecular formula is C24H30N2O8. The quantitative estimate of drug-likeness (QED) is 0.250. The van der Waals surface area contributed by atoms with Crippen molar-refractivity contribution in [2.45, 2.75) is 38.8 Å². The monoisotopic (exact) mass is 474 g/mol. The smallest absolute Gasteiger partial charge is 0.408 e. The minimum Gasteiger partial charge on any atom is -0.469 e. The fourth-order valence-corrected chi connectivity index (χ4v) is 3.64. The van der Waals surface area contributed by atoms with Gasteiger partial charge in [-0.05, 0) is 39.3 Å². The van der Waals surface area contributed by atoms with Crippen molar-refractivity contribution in [1.29, 1.82) is 0 Å². The van der Waals surface area contributed by atoms with Crippen LogP contribution in [0.3, 0.4) is 0 Å². The predicted molar refractivity (Wildman–Crippen MR) is 121 cm³/mol. The average molecular weight is 475 g/mol. The van der Waals surface area contributed by atoms with Crippen LogP contribution in [0.15, 0.2) is 36.9 Å². The Labute approximate surface area is 198 Å². The molecule has 0 radical (unpaired) electrons. The first-order valence-corrected chi connectivity index (χ1v) is 10.7. The maximum absolute atomic E-state index is 12.8. The highest BCUT2D eigenvalue weighted by molar-refractivity contribution is 6.21. The Kier molecular flexibility index (Phi) is 8.56. The van der Waals surface area contributed by atoms with E-state index in [-0.39, 0.29) is 24.1 Å². The zero-order valence-electron chi connectivity index (χ0n) is 20.0. The molecule has 0 unspecified atom stereocenters. The van der Waals surface area contributed by atoms with E-state index < -0.39 is 53.3 Å². The Bertz CT molecular complexity index is 946. The van der Waals surface area contributed by atoms with Gasteiger partial charge in [0, 0.05) is 12.5 Å². The maximum atomic E-state index is 12.8. The Balaban J connectivity index is 2.27. The van der Waals surface area contributed by atoms with Crippen LogP contribution >= 0.6 is 0 Å². The third-order valence-electron chi connectivity index (χ3n) is 5.26. The molecule has 0 saturated carbocycles. The maximum Gasteiger partial charge on any atom is 0.408 e. The first kappa shape index (κ1) is 26.6. The number of nitrogens with zero attached hydrogens (tertiary/aromatic N) is 1. The van der Waals surface area contributed by atoms with Gasteiger partial charge in [-0.25, -0.2) is 9.59 Å². The lowest BCUT2D eigenvalue weighted by Gasteiger charge is -2.29. The van der Waals surface area contributed by atoms with Gasteiger partial charge in [-0.15, -0.1) is 6.58 Å². The zero-order chi connectivity index (χ0) is 25.6. The molecular weight excluding hydrogens is 444 g/mol. The summed E-state index contributed by atoms with van der Waals surface area (Å²) in [4.78, 5) is 63.9. The van der Waals surface area contributed by atoms with Gasteiger partial charge >= 0.3 is 18.0 Å². The number of alkyl carbamates (subject to hydrolysis) is 1. The van der Waals surface area contributed by atoms with Gasteiger partial charge in [0.1, 0.15) is 11.6 Å². The van der Waals surface area contributed by atoms with Crippen molar-refractivity contribution in [3.8, 4) is 0 Å². The highest BCUT2D eigenvalue weighted by Gasteiger charge is 2.40. The molecule has 184 valence electrons. The summed E-state index contributed by atoms with van der Waals surface area (Å²) in [6.45, 7) is 8.54. The SMILES string of the molecule is C=C[C@@H](CN1C(=O)c2ccccc2C1=O)[C@H](C[C@H](NC(=O)OC(C)(C)C)C(=O)OC)C(=O)OC. The summed E-state index contributed by atoms with van der Waals surface area (Å²) < 4.78 is 14.9. The Hall–Kier alpha value is -3.69. The lowest BCUT2D eigenvalue weighted by atomic mass is 9.86. The van der Waals surface area contributed by atoms with Gasteiger partial charge in [-0.2, -0.15) is 0 Å². The topological polar surface area (TPSA) is 128 Å². The van der Waals surface area contributed by atoms with Crippen molar-refractivity contribution >= 4 is 29.8 Å². The number of carbonyl (C=O) groups excluding carboxylic acids is 5. The summed E-state index contributed by atoms with van der Waals surface area (Å²) in [5.74, 6) is -4.31. The second kappa shape index (κ2) is 11.0. The van der Waals surface area contributed by atoms with E-state index in [4.69, 9.17) is 14.2 Å². The summed E-state index contributed by atoms with van der Waals surface area (Å²) in [6, 6.07) is 5.15. The van der Waals surface area contributed by atoms with E-state index in [9.17, 15) is 24.0 Å². The van der Waals surface area contributed by atoms with E-state index in [1.165, 1.54) is 13.2 Å². The first-order chi connectivity index (χ1) is 15.9. The Morgan fingerprint density at radius 2 is 1.56 bits per heavy atom. The second-order valence-corrected chi connectivity index (χ2v) is 8.75. The lowest BCUT2D eigenvalue weighted by molar-refractivity contribution is -0.149. The molecule has 1 aromatic carbocycles. The van der Waals surface area contributed by atoms with E-state index >= 15 is 0 Å². The van der Waals surface area contributed by atoms with E-state index in [2.05, 4.69) is 11.9 Å². The van der Waals surface area contributed by atoms with E-state index in [0.717, 1.165) is 12.0 Å². The fraction of sp³-hybridized carbons (Fsp3) is 0.458. The minimum atomic E-state index is -1.26. The van der Waals surface area contributed by atoms with Crippen LogP contribution in [0.2, 0.25) is 0 Å². The molecule has 1 aliphatic heterocycles.